The van der Waals surface area contributed by atoms with E-state index >= 15 is 0 Å². The monoisotopic (exact) mass is 309 g/mol. The Labute approximate surface area is 114 Å². The van der Waals surface area contributed by atoms with E-state index in [0.29, 0.717) is 0 Å². The Morgan fingerprint density at radius 2 is 1.85 bits per heavy atom. The van der Waals surface area contributed by atoms with E-state index in [1.807, 2.05) is 0 Å². The highest BCUT2D eigenvalue weighted by atomic mass is 32.2. The minimum absolute atomic E-state index is 0.263. The lowest BCUT2D eigenvalue weighted by Gasteiger charge is -2.21. The molecule has 4 nitrogen and oxygen atoms in total. The number of sulfone groups is 1. The highest BCUT2D eigenvalue weighted by molar-refractivity contribution is 7.90. The van der Waals surface area contributed by atoms with Crippen molar-refractivity contribution in [3.05, 3.63) is 35.4 Å². The van der Waals surface area contributed by atoms with E-state index in [-0.39, 0.29) is 5.56 Å². The number of halogens is 3. The molecular formula is C12H14F3NO3S. The first-order chi connectivity index (χ1) is 9.00. The van der Waals surface area contributed by atoms with E-state index < -0.39 is 39.3 Å². The lowest BCUT2D eigenvalue weighted by molar-refractivity contribution is -0.138. The number of rotatable bonds is 4. The van der Waals surface area contributed by atoms with Gasteiger partial charge < -0.3 is 5.32 Å². The first-order valence-electron chi connectivity index (χ1n) is 5.61. The van der Waals surface area contributed by atoms with Crippen LogP contribution >= 0.6 is 0 Å². The molecule has 0 radical (unpaired) electrons. The maximum absolute atomic E-state index is 12.9. The summed E-state index contributed by atoms with van der Waals surface area (Å²) in [6.07, 6.45) is -3.72. The van der Waals surface area contributed by atoms with E-state index in [9.17, 15) is 26.4 Å². The normalized spacial score (nSPS) is 13.8. The third-order valence-electron chi connectivity index (χ3n) is 2.49. The molecule has 8 heteroatoms. The molecule has 1 N–H and O–H groups in total. The smallest absolute Gasteiger partial charge is 0.348 e. The van der Waals surface area contributed by atoms with Gasteiger partial charge in [-0.3, -0.25) is 4.79 Å². The summed E-state index contributed by atoms with van der Waals surface area (Å²) in [4.78, 5) is 11.1. The van der Waals surface area contributed by atoms with E-state index in [2.05, 4.69) is 5.32 Å². The second-order valence-corrected chi connectivity index (χ2v) is 6.62. The molecule has 0 heterocycles. The Balaban J connectivity index is 3.30. The van der Waals surface area contributed by atoms with Crippen LogP contribution < -0.4 is 5.32 Å². The quantitative estimate of drug-likeness (QED) is 0.924. The maximum atomic E-state index is 12.9. The van der Waals surface area contributed by atoms with Crippen LogP contribution in [0.25, 0.3) is 0 Å². The third kappa shape index (κ3) is 4.84. The van der Waals surface area contributed by atoms with Crippen LogP contribution in [0.4, 0.5) is 13.2 Å². The molecule has 0 bridgehead atoms. The Bertz CT molecular complexity index is 596. The topological polar surface area (TPSA) is 63.2 Å². The van der Waals surface area contributed by atoms with Crippen molar-refractivity contribution >= 4 is 15.7 Å². The fourth-order valence-corrected chi connectivity index (χ4v) is 2.68. The number of benzene rings is 1. The van der Waals surface area contributed by atoms with Crippen LogP contribution in [-0.2, 0) is 20.8 Å². The zero-order valence-electron chi connectivity index (χ0n) is 10.9. The molecule has 1 rings (SSSR count). The summed E-state index contributed by atoms with van der Waals surface area (Å²) in [5, 5.41) is 2.25. The molecule has 1 aromatic rings. The largest absolute Gasteiger partial charge is 0.416 e. The average Bonchev–Trinajstić information content (AvgIpc) is 2.24. The van der Waals surface area contributed by atoms with E-state index in [4.69, 9.17) is 0 Å². The zero-order valence-corrected chi connectivity index (χ0v) is 11.7. The SMILES string of the molecule is CC(=O)NC(CS(C)(=O)=O)c1ccccc1C(F)(F)F. The van der Waals surface area contributed by atoms with Crippen LogP contribution in [0.15, 0.2) is 24.3 Å². The van der Waals surface area contributed by atoms with Gasteiger partial charge in [-0.25, -0.2) is 8.42 Å². The lowest BCUT2D eigenvalue weighted by atomic mass is 10.0. The first-order valence-corrected chi connectivity index (χ1v) is 7.67. The van der Waals surface area contributed by atoms with Gasteiger partial charge in [0, 0.05) is 13.2 Å². The summed E-state index contributed by atoms with van der Waals surface area (Å²) in [6.45, 7) is 1.12. The highest BCUT2D eigenvalue weighted by Crippen LogP contribution is 2.34. The van der Waals surface area contributed by atoms with Crippen molar-refractivity contribution in [3.8, 4) is 0 Å². The van der Waals surface area contributed by atoms with Gasteiger partial charge in [0.1, 0.15) is 9.84 Å². The zero-order chi connectivity index (χ0) is 15.6. The Kier molecular flexibility index (Phi) is 4.80. The fraction of sp³-hybridized carbons (Fsp3) is 0.417. The van der Waals surface area contributed by atoms with Gasteiger partial charge in [0.15, 0.2) is 0 Å². The molecular weight excluding hydrogens is 295 g/mol. The van der Waals surface area contributed by atoms with Gasteiger partial charge in [-0.2, -0.15) is 13.2 Å². The van der Waals surface area contributed by atoms with Gasteiger partial charge in [-0.15, -0.1) is 0 Å². The molecule has 1 amide bonds. The second kappa shape index (κ2) is 5.82. The maximum Gasteiger partial charge on any atom is 0.416 e. The van der Waals surface area contributed by atoms with Crippen LogP contribution in [0.5, 0.6) is 0 Å². The predicted octanol–water partition coefficient (Wildman–Crippen LogP) is 1.93. The number of carbonyl (C=O) groups excluding carboxylic acids is 1. The van der Waals surface area contributed by atoms with Crippen LogP contribution in [0.2, 0.25) is 0 Å². The molecule has 1 atom stereocenters. The van der Waals surface area contributed by atoms with Gasteiger partial charge in [-0.05, 0) is 11.6 Å². The molecule has 0 aliphatic heterocycles. The molecule has 20 heavy (non-hydrogen) atoms. The van der Waals surface area contributed by atoms with Crippen molar-refractivity contribution in [2.24, 2.45) is 0 Å². The average molecular weight is 309 g/mol. The molecule has 0 aliphatic carbocycles. The summed E-state index contributed by atoms with van der Waals surface area (Å²) in [6, 6.07) is 3.35. The van der Waals surface area contributed by atoms with Gasteiger partial charge in [0.2, 0.25) is 5.91 Å². The van der Waals surface area contributed by atoms with E-state index in [1.165, 1.54) is 12.1 Å². The van der Waals surface area contributed by atoms with Crippen LogP contribution in [0.3, 0.4) is 0 Å². The molecule has 1 unspecified atom stereocenters. The summed E-state index contributed by atoms with van der Waals surface area (Å²) < 4.78 is 61.4. The van der Waals surface area contributed by atoms with Crippen LogP contribution in [0, 0.1) is 0 Å². The minimum Gasteiger partial charge on any atom is -0.348 e. The summed E-state index contributed by atoms with van der Waals surface area (Å²) >= 11 is 0. The number of amides is 1. The molecule has 0 saturated heterocycles. The fourth-order valence-electron chi connectivity index (χ4n) is 1.82. The van der Waals surface area contributed by atoms with Crippen molar-refractivity contribution in [1.29, 1.82) is 0 Å². The molecule has 112 valence electrons. The second-order valence-electron chi connectivity index (χ2n) is 4.43. The summed E-state index contributed by atoms with van der Waals surface area (Å²) in [5.41, 5.74) is -1.22. The molecule has 1 aromatic carbocycles. The van der Waals surface area contributed by atoms with Crippen molar-refractivity contribution in [3.63, 3.8) is 0 Å². The van der Waals surface area contributed by atoms with E-state index in [0.717, 1.165) is 25.3 Å². The number of hydrogen-bond donors (Lipinski definition) is 1. The number of hydrogen-bond acceptors (Lipinski definition) is 3. The Morgan fingerprint density at radius 3 is 2.30 bits per heavy atom. The van der Waals surface area contributed by atoms with Crippen molar-refractivity contribution in [2.45, 2.75) is 19.1 Å². The molecule has 0 saturated carbocycles. The first kappa shape index (κ1) is 16.5. The predicted molar refractivity (Wildman–Crippen MR) is 67.7 cm³/mol. The van der Waals surface area contributed by atoms with Gasteiger partial charge in [-0.1, -0.05) is 18.2 Å². The molecule has 0 spiro atoms. The molecule has 0 aromatic heterocycles. The highest BCUT2D eigenvalue weighted by Gasteiger charge is 2.35. The van der Waals surface area contributed by atoms with Crippen molar-refractivity contribution in [2.75, 3.05) is 12.0 Å². The minimum atomic E-state index is -4.62. The van der Waals surface area contributed by atoms with Crippen LogP contribution in [0.1, 0.15) is 24.1 Å². The van der Waals surface area contributed by atoms with Gasteiger partial charge in [0.05, 0.1) is 17.4 Å². The number of carbonyl (C=O) groups is 1. The summed E-state index contributed by atoms with van der Waals surface area (Å²) in [5.74, 6) is -1.20. The number of alkyl halides is 3. The van der Waals surface area contributed by atoms with E-state index in [1.54, 1.807) is 0 Å². The number of nitrogens with one attached hydrogen (secondary N) is 1. The Morgan fingerprint density at radius 1 is 1.30 bits per heavy atom. The van der Waals surface area contributed by atoms with Gasteiger partial charge >= 0.3 is 6.18 Å². The van der Waals surface area contributed by atoms with Crippen molar-refractivity contribution in [1.82, 2.24) is 5.32 Å². The van der Waals surface area contributed by atoms with Gasteiger partial charge in [0.25, 0.3) is 0 Å². The lowest BCUT2D eigenvalue weighted by Crippen LogP contribution is -2.32. The third-order valence-corrected chi connectivity index (χ3v) is 3.43. The Hall–Kier alpha value is -1.57. The standard InChI is InChI=1S/C12H14F3NO3S/c1-8(17)16-11(7-20(2,18)19)9-5-3-4-6-10(9)12(13,14)15/h3-6,11H,7H2,1-2H3,(H,16,17). The summed E-state index contributed by atoms with van der Waals surface area (Å²) in [7, 11) is -3.56. The van der Waals surface area contributed by atoms with Crippen LogP contribution in [-0.4, -0.2) is 26.3 Å². The molecule has 0 aliphatic rings. The molecule has 0 fully saturated rings. The van der Waals surface area contributed by atoms with Crippen molar-refractivity contribution < 1.29 is 26.4 Å².